The molecule has 2 aromatic heterocycles. The zero-order chi connectivity index (χ0) is 21.5. The first-order valence-corrected chi connectivity index (χ1v) is 9.84. The van der Waals surface area contributed by atoms with Crippen LogP contribution in [-0.4, -0.2) is 19.9 Å². The van der Waals surface area contributed by atoms with Gasteiger partial charge in [-0.2, -0.15) is 5.10 Å². The van der Waals surface area contributed by atoms with Gasteiger partial charge in [0.1, 0.15) is 5.82 Å². The lowest BCUT2D eigenvalue weighted by atomic mass is 9.98. The molecule has 2 N–H and O–H groups in total. The van der Waals surface area contributed by atoms with Gasteiger partial charge in [0.25, 0.3) is 5.56 Å². The second-order valence-corrected chi connectivity index (χ2v) is 7.44. The van der Waals surface area contributed by atoms with E-state index in [-0.39, 0.29) is 17.3 Å². The molecular weight excluding hydrogens is 417 g/mol. The van der Waals surface area contributed by atoms with Gasteiger partial charge in [0.2, 0.25) is 0 Å². The number of nitrogens with one attached hydrogen (secondary N) is 1. The van der Waals surface area contributed by atoms with Crippen LogP contribution in [0.2, 0.25) is 5.02 Å². The van der Waals surface area contributed by atoms with Crippen molar-refractivity contribution >= 4 is 22.5 Å². The predicted molar refractivity (Wildman–Crippen MR) is 119 cm³/mol. The SMILES string of the molecule is O=c1[nH]c2cc(Cl)c(-c3ccc(-c4ccccc4F)cc3)cc2c(O)c1-n1cccn1. The molecule has 0 saturated heterocycles. The van der Waals surface area contributed by atoms with Crippen molar-refractivity contribution in [3.05, 3.63) is 100 Å². The number of aromatic nitrogens is 3. The van der Waals surface area contributed by atoms with Crippen LogP contribution in [0.25, 0.3) is 38.8 Å². The van der Waals surface area contributed by atoms with Crippen LogP contribution in [0.5, 0.6) is 5.75 Å². The molecule has 0 atom stereocenters. The van der Waals surface area contributed by atoms with Crippen molar-refractivity contribution in [3.63, 3.8) is 0 Å². The Kier molecular flexibility index (Phi) is 4.56. The molecule has 31 heavy (non-hydrogen) atoms. The summed E-state index contributed by atoms with van der Waals surface area (Å²) in [7, 11) is 0. The Labute approximate surface area is 181 Å². The number of H-pyrrole nitrogens is 1. The number of hydrogen-bond acceptors (Lipinski definition) is 3. The molecule has 0 bridgehead atoms. The molecule has 2 heterocycles. The summed E-state index contributed by atoms with van der Waals surface area (Å²) in [6, 6.07) is 18.9. The highest BCUT2D eigenvalue weighted by molar-refractivity contribution is 6.34. The maximum Gasteiger partial charge on any atom is 0.278 e. The van der Waals surface area contributed by atoms with Crippen molar-refractivity contribution in [2.75, 3.05) is 0 Å². The van der Waals surface area contributed by atoms with Crippen molar-refractivity contribution in [1.29, 1.82) is 0 Å². The highest BCUT2D eigenvalue weighted by atomic mass is 35.5. The standard InChI is InChI=1S/C24H15ClFN3O2/c25-19-13-21-18(23(30)22(24(31)28-21)29-11-3-10-27-29)12-17(19)15-8-6-14(7-9-15)16-4-1-2-5-20(16)26/h1-13H,(H2,28,30,31). The van der Waals surface area contributed by atoms with Crippen LogP contribution in [0, 0.1) is 5.82 Å². The fourth-order valence-electron chi connectivity index (χ4n) is 3.65. The number of aromatic hydroxyl groups is 1. The smallest absolute Gasteiger partial charge is 0.278 e. The minimum atomic E-state index is -0.480. The molecule has 0 aliphatic rings. The largest absolute Gasteiger partial charge is 0.505 e. The van der Waals surface area contributed by atoms with E-state index < -0.39 is 5.56 Å². The van der Waals surface area contributed by atoms with Gasteiger partial charge in [-0.3, -0.25) is 4.79 Å². The maximum absolute atomic E-state index is 14.1. The van der Waals surface area contributed by atoms with Crippen molar-refractivity contribution in [3.8, 4) is 33.7 Å². The second-order valence-electron chi connectivity index (χ2n) is 7.04. The third kappa shape index (κ3) is 3.27. The molecule has 5 aromatic rings. The highest BCUT2D eigenvalue weighted by Gasteiger charge is 2.17. The molecule has 0 saturated carbocycles. The van der Waals surface area contributed by atoms with Gasteiger partial charge in [0.05, 0.1) is 10.5 Å². The van der Waals surface area contributed by atoms with Gasteiger partial charge in [-0.25, -0.2) is 9.07 Å². The molecule has 0 aliphatic carbocycles. The number of halogens is 2. The fourth-order valence-corrected chi connectivity index (χ4v) is 3.92. The summed E-state index contributed by atoms with van der Waals surface area (Å²) >= 11 is 6.48. The van der Waals surface area contributed by atoms with E-state index in [9.17, 15) is 14.3 Å². The molecule has 0 radical (unpaired) electrons. The van der Waals surface area contributed by atoms with Gasteiger partial charge in [-0.05, 0) is 35.4 Å². The van der Waals surface area contributed by atoms with Crippen molar-refractivity contribution < 1.29 is 9.50 Å². The van der Waals surface area contributed by atoms with Gasteiger partial charge in [0, 0.05) is 28.9 Å². The van der Waals surface area contributed by atoms with Crippen LogP contribution in [0.15, 0.2) is 83.9 Å². The maximum atomic E-state index is 14.1. The number of nitrogens with zero attached hydrogens (tertiary/aromatic N) is 2. The average molecular weight is 432 g/mol. The molecule has 0 amide bonds. The van der Waals surface area contributed by atoms with Crippen molar-refractivity contribution in [1.82, 2.24) is 14.8 Å². The number of rotatable bonds is 3. The molecule has 0 fully saturated rings. The Balaban J connectivity index is 1.64. The Morgan fingerprint density at radius 1 is 0.968 bits per heavy atom. The summed E-state index contributed by atoms with van der Waals surface area (Å²) in [5.41, 5.74) is 2.67. The molecule has 0 unspecified atom stereocenters. The quantitative estimate of drug-likeness (QED) is 0.393. The minimum Gasteiger partial charge on any atom is -0.505 e. The number of hydrogen-bond donors (Lipinski definition) is 2. The Bertz CT molecular complexity index is 1480. The van der Waals surface area contributed by atoms with E-state index in [1.807, 2.05) is 24.3 Å². The molecule has 152 valence electrons. The lowest BCUT2D eigenvalue weighted by Gasteiger charge is -2.12. The summed E-state index contributed by atoms with van der Waals surface area (Å²) in [5.74, 6) is -0.484. The number of pyridine rings is 1. The Hall–Kier alpha value is -3.90. The molecule has 5 rings (SSSR count). The average Bonchev–Trinajstić information content (AvgIpc) is 3.28. The van der Waals surface area contributed by atoms with Gasteiger partial charge < -0.3 is 10.1 Å². The summed E-state index contributed by atoms with van der Waals surface area (Å²) in [4.78, 5) is 15.2. The fraction of sp³-hybridized carbons (Fsp3) is 0. The predicted octanol–water partition coefficient (Wildman–Crippen LogP) is 5.55. The summed E-state index contributed by atoms with van der Waals surface area (Å²) in [5, 5.41) is 15.7. The minimum absolute atomic E-state index is 0.0284. The summed E-state index contributed by atoms with van der Waals surface area (Å²) in [6.45, 7) is 0. The first-order valence-electron chi connectivity index (χ1n) is 9.47. The van der Waals surface area contributed by atoms with E-state index in [1.165, 1.54) is 16.9 Å². The molecule has 7 heteroatoms. The normalized spacial score (nSPS) is 11.2. The van der Waals surface area contributed by atoms with Crippen LogP contribution >= 0.6 is 11.6 Å². The topological polar surface area (TPSA) is 70.9 Å². The first kappa shape index (κ1) is 19.1. The summed E-state index contributed by atoms with van der Waals surface area (Å²) < 4.78 is 15.4. The van der Waals surface area contributed by atoms with E-state index in [0.717, 1.165) is 11.1 Å². The second kappa shape index (κ2) is 7.41. The van der Waals surface area contributed by atoms with Gasteiger partial charge in [-0.1, -0.05) is 54.1 Å². The zero-order valence-electron chi connectivity index (χ0n) is 16.0. The van der Waals surface area contributed by atoms with Crippen molar-refractivity contribution in [2.45, 2.75) is 0 Å². The molecule has 5 nitrogen and oxygen atoms in total. The first-order chi connectivity index (χ1) is 15.0. The zero-order valence-corrected chi connectivity index (χ0v) is 16.8. The number of benzene rings is 3. The molecular formula is C24H15ClFN3O2. The van der Waals surface area contributed by atoms with Crippen LogP contribution in [0.3, 0.4) is 0 Å². The van der Waals surface area contributed by atoms with E-state index in [0.29, 0.717) is 27.1 Å². The Morgan fingerprint density at radius 2 is 1.68 bits per heavy atom. The summed E-state index contributed by atoms with van der Waals surface area (Å²) in [6.07, 6.45) is 3.10. The molecule has 0 spiro atoms. The van der Waals surface area contributed by atoms with Crippen LogP contribution in [0.4, 0.5) is 4.39 Å². The van der Waals surface area contributed by atoms with Gasteiger partial charge in [0.15, 0.2) is 11.4 Å². The van der Waals surface area contributed by atoms with E-state index in [4.69, 9.17) is 11.6 Å². The monoisotopic (exact) mass is 431 g/mol. The molecule has 0 aliphatic heterocycles. The van der Waals surface area contributed by atoms with E-state index in [2.05, 4.69) is 10.1 Å². The third-order valence-electron chi connectivity index (χ3n) is 5.16. The van der Waals surface area contributed by atoms with Gasteiger partial charge in [-0.15, -0.1) is 0 Å². The van der Waals surface area contributed by atoms with Gasteiger partial charge >= 0.3 is 0 Å². The Morgan fingerprint density at radius 3 is 2.35 bits per heavy atom. The lowest BCUT2D eigenvalue weighted by molar-refractivity contribution is 0.475. The molecule has 3 aromatic carbocycles. The van der Waals surface area contributed by atoms with Crippen molar-refractivity contribution in [2.24, 2.45) is 0 Å². The van der Waals surface area contributed by atoms with Crippen LogP contribution < -0.4 is 5.56 Å². The third-order valence-corrected chi connectivity index (χ3v) is 5.48. The van der Waals surface area contributed by atoms with Crippen LogP contribution in [-0.2, 0) is 0 Å². The lowest BCUT2D eigenvalue weighted by Crippen LogP contribution is -2.15. The number of fused-ring (bicyclic) bond motifs is 1. The highest BCUT2D eigenvalue weighted by Crippen LogP contribution is 2.36. The van der Waals surface area contributed by atoms with E-state index >= 15 is 0 Å². The number of aromatic amines is 1. The van der Waals surface area contributed by atoms with Crippen LogP contribution in [0.1, 0.15) is 0 Å². The van der Waals surface area contributed by atoms with E-state index in [1.54, 1.807) is 42.6 Å².